The number of rotatable bonds is 3. The number of epoxide rings is 1. The number of likely N-dealkylation sites (tertiary alicyclic amines) is 1. The normalized spacial score (nSPS) is 28.6. The minimum atomic E-state index is 0.372. The van der Waals surface area contributed by atoms with E-state index >= 15 is 0 Å². The Kier molecular flexibility index (Phi) is 3.00. The van der Waals surface area contributed by atoms with Gasteiger partial charge in [-0.3, -0.25) is 4.90 Å². The van der Waals surface area contributed by atoms with Crippen molar-refractivity contribution >= 4 is 11.5 Å². The van der Waals surface area contributed by atoms with Crippen molar-refractivity contribution in [3.63, 3.8) is 0 Å². The van der Waals surface area contributed by atoms with Gasteiger partial charge in [0.15, 0.2) is 5.82 Å². The Balaban J connectivity index is 1.41. The first kappa shape index (κ1) is 12.3. The molecule has 20 heavy (non-hydrogen) atoms. The van der Waals surface area contributed by atoms with Gasteiger partial charge in [0, 0.05) is 26.6 Å². The molecule has 0 radical (unpaired) electrons. The van der Waals surface area contributed by atoms with Crippen molar-refractivity contribution < 1.29 is 4.74 Å². The van der Waals surface area contributed by atoms with Crippen LogP contribution in [0.5, 0.6) is 0 Å². The van der Waals surface area contributed by atoms with Crippen LogP contribution in [0.1, 0.15) is 25.1 Å². The highest BCUT2D eigenvalue weighted by molar-refractivity contribution is 5.69. The maximum absolute atomic E-state index is 5.72. The summed E-state index contributed by atoms with van der Waals surface area (Å²) in [5, 5.41) is 3.28. The van der Waals surface area contributed by atoms with Gasteiger partial charge in [0.1, 0.15) is 12.1 Å². The van der Waals surface area contributed by atoms with E-state index in [0.717, 1.165) is 43.5 Å². The molecule has 0 aromatic carbocycles. The Morgan fingerprint density at radius 3 is 3.35 bits per heavy atom. The van der Waals surface area contributed by atoms with Crippen LogP contribution in [0, 0.1) is 0 Å². The van der Waals surface area contributed by atoms with Crippen molar-refractivity contribution in [2.75, 3.05) is 37.0 Å². The molecule has 3 aliphatic rings. The highest BCUT2D eigenvalue weighted by Crippen LogP contribution is 2.33. The van der Waals surface area contributed by atoms with Crippen LogP contribution in [0.2, 0.25) is 0 Å². The summed E-state index contributed by atoms with van der Waals surface area (Å²) in [7, 11) is 2.05. The second-order valence-corrected chi connectivity index (χ2v) is 5.90. The van der Waals surface area contributed by atoms with Crippen molar-refractivity contribution in [1.82, 2.24) is 14.9 Å². The Labute approximate surface area is 119 Å². The first-order valence-corrected chi connectivity index (χ1v) is 7.52. The fourth-order valence-corrected chi connectivity index (χ4v) is 3.16. The summed E-state index contributed by atoms with van der Waals surface area (Å²) in [5.74, 6) is 1.95. The molecule has 6 nitrogen and oxygen atoms in total. The van der Waals surface area contributed by atoms with Crippen LogP contribution < -0.4 is 10.2 Å². The molecule has 6 heteroatoms. The molecule has 2 fully saturated rings. The molecule has 0 aliphatic carbocycles. The average molecular weight is 275 g/mol. The lowest BCUT2D eigenvalue weighted by atomic mass is 10.2. The SMILES string of the molecule is CN1CNc2cnc(CCN3CCCCC4OC43)nc21. The number of fused-ring (bicyclic) bond motifs is 2. The van der Waals surface area contributed by atoms with E-state index in [2.05, 4.69) is 25.1 Å². The highest BCUT2D eigenvalue weighted by Gasteiger charge is 2.44. The van der Waals surface area contributed by atoms with Gasteiger partial charge in [0.2, 0.25) is 0 Å². The summed E-state index contributed by atoms with van der Waals surface area (Å²) < 4.78 is 5.72. The van der Waals surface area contributed by atoms with Gasteiger partial charge >= 0.3 is 0 Å². The Morgan fingerprint density at radius 1 is 1.45 bits per heavy atom. The molecule has 2 saturated heterocycles. The standard InChI is InChI=1S/C14H21N5O/c1-18-9-16-10-8-15-12(17-13(10)18)5-7-19-6-3-2-4-11-14(19)20-11/h8,11,14,16H,2-7,9H2,1H3. The van der Waals surface area contributed by atoms with Crippen molar-refractivity contribution in [1.29, 1.82) is 0 Å². The predicted molar refractivity (Wildman–Crippen MR) is 76.7 cm³/mol. The zero-order valence-electron chi connectivity index (χ0n) is 11.9. The van der Waals surface area contributed by atoms with Gasteiger partial charge in [-0.15, -0.1) is 0 Å². The fraction of sp³-hybridized carbons (Fsp3) is 0.714. The number of nitrogens with one attached hydrogen (secondary N) is 1. The monoisotopic (exact) mass is 275 g/mol. The van der Waals surface area contributed by atoms with E-state index in [1.54, 1.807) is 0 Å². The van der Waals surface area contributed by atoms with Crippen molar-refractivity contribution in [3.05, 3.63) is 12.0 Å². The van der Waals surface area contributed by atoms with E-state index in [0.29, 0.717) is 12.3 Å². The molecule has 1 aromatic rings. The Hall–Kier alpha value is -1.40. The molecule has 4 rings (SSSR count). The summed E-state index contributed by atoms with van der Waals surface area (Å²) in [6, 6.07) is 0. The third-order valence-corrected chi connectivity index (χ3v) is 4.41. The first-order valence-electron chi connectivity index (χ1n) is 7.52. The van der Waals surface area contributed by atoms with E-state index in [4.69, 9.17) is 4.74 Å². The van der Waals surface area contributed by atoms with E-state index in [1.165, 1.54) is 19.3 Å². The summed E-state index contributed by atoms with van der Waals surface area (Å²) in [4.78, 5) is 13.7. The fourth-order valence-electron chi connectivity index (χ4n) is 3.16. The second kappa shape index (κ2) is 4.86. The lowest BCUT2D eigenvalue weighted by Gasteiger charge is -2.18. The van der Waals surface area contributed by atoms with Crippen LogP contribution in [-0.2, 0) is 11.2 Å². The van der Waals surface area contributed by atoms with E-state index < -0.39 is 0 Å². The van der Waals surface area contributed by atoms with Gasteiger partial charge in [-0.25, -0.2) is 9.97 Å². The van der Waals surface area contributed by atoms with Gasteiger partial charge in [-0.05, 0) is 19.3 Å². The number of hydrogen-bond donors (Lipinski definition) is 1. The van der Waals surface area contributed by atoms with Gasteiger partial charge in [-0.1, -0.05) is 0 Å². The van der Waals surface area contributed by atoms with E-state index in [9.17, 15) is 0 Å². The minimum Gasteiger partial charge on any atom is -0.363 e. The van der Waals surface area contributed by atoms with Crippen LogP contribution in [0.15, 0.2) is 6.20 Å². The third-order valence-electron chi connectivity index (χ3n) is 4.41. The molecule has 3 aliphatic heterocycles. The van der Waals surface area contributed by atoms with E-state index in [1.807, 2.05) is 13.2 Å². The largest absolute Gasteiger partial charge is 0.363 e. The molecule has 0 saturated carbocycles. The van der Waals surface area contributed by atoms with Crippen LogP contribution >= 0.6 is 0 Å². The van der Waals surface area contributed by atoms with E-state index in [-0.39, 0.29) is 0 Å². The first-order chi connectivity index (χ1) is 9.81. The Morgan fingerprint density at radius 2 is 2.40 bits per heavy atom. The van der Waals surface area contributed by atoms with Crippen molar-refractivity contribution in [2.24, 2.45) is 0 Å². The number of aromatic nitrogens is 2. The lowest BCUT2D eigenvalue weighted by Crippen LogP contribution is -2.30. The van der Waals surface area contributed by atoms with Gasteiger partial charge < -0.3 is 15.0 Å². The van der Waals surface area contributed by atoms with Crippen LogP contribution in [0.4, 0.5) is 11.5 Å². The van der Waals surface area contributed by atoms with Crippen LogP contribution in [-0.4, -0.2) is 54.0 Å². The maximum atomic E-state index is 5.72. The summed E-state index contributed by atoms with van der Waals surface area (Å²) >= 11 is 0. The smallest absolute Gasteiger partial charge is 0.156 e. The quantitative estimate of drug-likeness (QED) is 0.832. The minimum absolute atomic E-state index is 0.372. The zero-order valence-corrected chi connectivity index (χ0v) is 11.9. The van der Waals surface area contributed by atoms with Crippen molar-refractivity contribution in [3.8, 4) is 0 Å². The van der Waals surface area contributed by atoms with Crippen LogP contribution in [0.3, 0.4) is 0 Å². The molecule has 0 amide bonds. The molecule has 108 valence electrons. The molecule has 2 atom stereocenters. The summed E-state index contributed by atoms with van der Waals surface area (Å²) in [5.41, 5.74) is 1.04. The average Bonchev–Trinajstić information content (AvgIpc) is 3.16. The van der Waals surface area contributed by atoms with Crippen molar-refractivity contribution in [2.45, 2.75) is 38.0 Å². The molecule has 4 heterocycles. The Bertz CT molecular complexity index is 508. The van der Waals surface area contributed by atoms with Crippen LogP contribution in [0.25, 0.3) is 0 Å². The molecule has 0 spiro atoms. The molecular formula is C14H21N5O. The second-order valence-electron chi connectivity index (χ2n) is 5.90. The summed E-state index contributed by atoms with van der Waals surface area (Å²) in [6.45, 7) is 2.96. The molecule has 1 N–H and O–H groups in total. The molecular weight excluding hydrogens is 254 g/mol. The van der Waals surface area contributed by atoms with Gasteiger partial charge in [0.05, 0.1) is 24.7 Å². The third kappa shape index (κ3) is 2.23. The summed E-state index contributed by atoms with van der Waals surface area (Å²) in [6.07, 6.45) is 7.48. The number of ether oxygens (including phenoxy) is 1. The number of nitrogens with zero attached hydrogens (tertiary/aromatic N) is 4. The molecule has 2 unspecified atom stereocenters. The highest BCUT2D eigenvalue weighted by atomic mass is 16.6. The predicted octanol–water partition coefficient (Wildman–Crippen LogP) is 1.05. The number of hydrogen-bond acceptors (Lipinski definition) is 6. The zero-order chi connectivity index (χ0) is 13.5. The topological polar surface area (TPSA) is 56.8 Å². The number of anilines is 2. The maximum Gasteiger partial charge on any atom is 0.156 e. The molecule has 1 aromatic heterocycles. The lowest BCUT2D eigenvalue weighted by molar-refractivity contribution is 0.169. The van der Waals surface area contributed by atoms with Gasteiger partial charge in [-0.2, -0.15) is 0 Å². The van der Waals surface area contributed by atoms with Gasteiger partial charge in [0.25, 0.3) is 0 Å². The molecule has 0 bridgehead atoms.